The van der Waals surface area contributed by atoms with Gasteiger partial charge in [-0.3, -0.25) is 4.31 Å². The molecule has 0 aliphatic carbocycles. The van der Waals surface area contributed by atoms with Gasteiger partial charge in [-0.1, -0.05) is 17.3 Å². The number of sulfonamides is 1. The summed E-state index contributed by atoms with van der Waals surface area (Å²) in [4.78, 5) is 3.12. The lowest BCUT2D eigenvalue weighted by molar-refractivity contribution is -0.159. The van der Waals surface area contributed by atoms with E-state index in [1.165, 1.54) is 60.4 Å². The number of alkyl halides is 3. The molecule has 0 unspecified atom stereocenters. The average molecular weight is 467 g/mol. The third-order valence-electron chi connectivity index (χ3n) is 4.47. The molecule has 0 fully saturated rings. The van der Waals surface area contributed by atoms with Gasteiger partial charge < -0.3 is 4.52 Å². The van der Waals surface area contributed by atoms with Crippen LogP contribution in [-0.4, -0.2) is 35.4 Å². The molecule has 8 nitrogen and oxygen atoms in total. The summed E-state index contributed by atoms with van der Waals surface area (Å²) in [5, 5.41) is 7.31. The van der Waals surface area contributed by atoms with Gasteiger partial charge in [-0.15, -0.1) is 0 Å². The number of rotatable bonds is 5. The first kappa shape index (κ1) is 21.5. The van der Waals surface area contributed by atoms with Gasteiger partial charge in [0.1, 0.15) is 10.7 Å². The molecule has 0 N–H and O–H groups in total. The highest BCUT2D eigenvalue weighted by atomic mass is 32.2. The molecule has 13 heteroatoms. The first-order valence-electron chi connectivity index (χ1n) is 8.87. The van der Waals surface area contributed by atoms with Crippen molar-refractivity contribution in [3.8, 4) is 17.1 Å². The molecule has 2 aromatic carbocycles. The normalized spacial score (nSPS) is 12.2. The predicted octanol–water partition coefficient (Wildman–Crippen LogP) is 3.91. The van der Waals surface area contributed by atoms with Crippen LogP contribution < -0.4 is 4.31 Å². The lowest BCUT2D eigenvalue weighted by atomic mass is 10.2. The van der Waals surface area contributed by atoms with E-state index in [4.69, 9.17) is 0 Å². The largest absolute Gasteiger partial charge is 0.471 e. The summed E-state index contributed by atoms with van der Waals surface area (Å²) in [5.41, 5.74) is 0.554. The molecule has 0 spiro atoms. The highest BCUT2D eigenvalue weighted by Crippen LogP contribution is 2.30. The summed E-state index contributed by atoms with van der Waals surface area (Å²) in [7, 11) is -2.87. The van der Waals surface area contributed by atoms with E-state index < -0.39 is 27.9 Å². The molecule has 0 amide bonds. The number of hydrogen-bond acceptors (Lipinski definition) is 6. The van der Waals surface area contributed by atoms with E-state index in [0.29, 0.717) is 5.69 Å². The Morgan fingerprint density at radius 3 is 2.38 bits per heavy atom. The summed E-state index contributed by atoms with van der Waals surface area (Å²) < 4.78 is 83.8. The van der Waals surface area contributed by atoms with Crippen molar-refractivity contribution in [2.75, 3.05) is 11.4 Å². The minimum Gasteiger partial charge on any atom is -0.329 e. The highest BCUT2D eigenvalue weighted by molar-refractivity contribution is 7.92. The van der Waals surface area contributed by atoms with Crippen LogP contribution >= 0.6 is 0 Å². The standard InChI is InChI=1S/C19H13F4N5O3S/c1-27(16-5-3-2-4-15(16)20)32(29,30)14-10-24-28(11-14)13-8-6-12(7-9-13)17-25-18(31-26-17)19(21,22)23/h2-11H,1H3. The molecule has 0 aliphatic heterocycles. The summed E-state index contributed by atoms with van der Waals surface area (Å²) in [6.45, 7) is 0. The van der Waals surface area contributed by atoms with Gasteiger partial charge in [-0.05, 0) is 36.4 Å². The number of benzene rings is 2. The van der Waals surface area contributed by atoms with Crippen LogP contribution in [0.3, 0.4) is 0 Å². The smallest absolute Gasteiger partial charge is 0.329 e. The van der Waals surface area contributed by atoms with E-state index in [0.717, 1.165) is 16.6 Å². The molecule has 4 aromatic rings. The molecular formula is C19H13F4N5O3S. The molecule has 0 saturated carbocycles. The van der Waals surface area contributed by atoms with Gasteiger partial charge in [0.15, 0.2) is 0 Å². The van der Waals surface area contributed by atoms with Gasteiger partial charge in [-0.25, -0.2) is 17.5 Å². The fraction of sp³-hybridized carbons (Fsp3) is 0.105. The van der Waals surface area contributed by atoms with Gasteiger partial charge in [0.05, 0.1) is 23.8 Å². The quantitative estimate of drug-likeness (QED) is 0.413. The van der Waals surface area contributed by atoms with Crippen molar-refractivity contribution in [2.45, 2.75) is 11.1 Å². The Hall–Kier alpha value is -3.74. The summed E-state index contributed by atoms with van der Waals surface area (Å²) in [6.07, 6.45) is -2.41. The van der Waals surface area contributed by atoms with E-state index in [1.54, 1.807) is 0 Å². The Labute approximate surface area is 178 Å². The lowest BCUT2D eigenvalue weighted by Crippen LogP contribution is -2.27. The lowest BCUT2D eigenvalue weighted by Gasteiger charge is -2.18. The van der Waals surface area contributed by atoms with Crippen molar-refractivity contribution in [3.63, 3.8) is 0 Å². The Bertz CT molecular complexity index is 1360. The number of anilines is 1. The third kappa shape index (κ3) is 3.93. The first-order valence-corrected chi connectivity index (χ1v) is 10.3. The Balaban J connectivity index is 1.58. The van der Waals surface area contributed by atoms with Crippen molar-refractivity contribution in [2.24, 2.45) is 0 Å². The van der Waals surface area contributed by atoms with Crippen molar-refractivity contribution in [1.29, 1.82) is 0 Å². The van der Waals surface area contributed by atoms with E-state index in [9.17, 15) is 26.0 Å². The Kier molecular flexibility index (Phi) is 5.20. The molecule has 2 aromatic heterocycles. The van der Waals surface area contributed by atoms with Crippen LogP contribution in [0.15, 0.2) is 70.3 Å². The maximum atomic E-state index is 14.0. The van der Waals surface area contributed by atoms with Gasteiger partial charge in [0.25, 0.3) is 10.0 Å². The van der Waals surface area contributed by atoms with Crippen LogP contribution in [0.25, 0.3) is 17.1 Å². The molecule has 32 heavy (non-hydrogen) atoms. The van der Waals surface area contributed by atoms with Gasteiger partial charge >= 0.3 is 12.1 Å². The maximum absolute atomic E-state index is 14.0. The van der Waals surface area contributed by atoms with Crippen molar-refractivity contribution in [1.82, 2.24) is 19.9 Å². The Morgan fingerprint density at radius 2 is 1.75 bits per heavy atom. The molecule has 2 heterocycles. The Morgan fingerprint density at radius 1 is 1.06 bits per heavy atom. The zero-order chi connectivity index (χ0) is 23.1. The van der Waals surface area contributed by atoms with Gasteiger partial charge in [0.2, 0.25) is 5.82 Å². The third-order valence-corrected chi connectivity index (χ3v) is 6.19. The van der Waals surface area contributed by atoms with Crippen molar-refractivity contribution >= 4 is 15.7 Å². The number of aromatic nitrogens is 4. The molecule has 0 saturated heterocycles. The molecule has 0 atom stereocenters. The first-order chi connectivity index (χ1) is 15.1. The zero-order valence-electron chi connectivity index (χ0n) is 16.2. The number of nitrogens with zero attached hydrogens (tertiary/aromatic N) is 5. The molecule has 0 aliphatic rings. The zero-order valence-corrected chi connectivity index (χ0v) is 17.0. The van der Waals surface area contributed by atoms with E-state index in [1.807, 2.05) is 0 Å². The second-order valence-corrected chi connectivity index (χ2v) is 8.48. The molecule has 0 bridgehead atoms. The van der Waals surface area contributed by atoms with Crippen LogP contribution in [0, 0.1) is 5.82 Å². The minimum absolute atomic E-state index is 0.122. The topological polar surface area (TPSA) is 94.1 Å². The monoisotopic (exact) mass is 467 g/mol. The highest BCUT2D eigenvalue weighted by Gasteiger charge is 2.38. The average Bonchev–Trinajstić information content (AvgIpc) is 3.44. The summed E-state index contributed by atoms with van der Waals surface area (Å²) >= 11 is 0. The minimum atomic E-state index is -4.75. The maximum Gasteiger partial charge on any atom is 0.471 e. The van der Waals surface area contributed by atoms with Gasteiger partial charge in [-0.2, -0.15) is 23.3 Å². The fourth-order valence-corrected chi connectivity index (χ4v) is 3.93. The molecule has 166 valence electrons. The molecular weight excluding hydrogens is 454 g/mol. The van der Waals surface area contributed by atoms with Crippen molar-refractivity contribution < 1.29 is 30.5 Å². The van der Waals surface area contributed by atoms with Crippen LogP contribution in [0.5, 0.6) is 0 Å². The van der Waals surface area contributed by atoms with Crippen LogP contribution in [0.2, 0.25) is 0 Å². The van der Waals surface area contributed by atoms with Crippen LogP contribution in [-0.2, 0) is 16.2 Å². The second kappa shape index (κ2) is 7.75. The molecule has 4 rings (SSSR count). The fourth-order valence-electron chi connectivity index (χ4n) is 2.79. The number of halogens is 4. The SMILES string of the molecule is CN(c1ccccc1F)S(=O)(=O)c1cnn(-c2ccc(-c3noc(C(F)(F)F)n3)cc2)c1. The van der Waals surface area contributed by atoms with E-state index in [2.05, 4.69) is 19.8 Å². The van der Waals surface area contributed by atoms with E-state index in [-0.39, 0.29) is 22.0 Å². The number of para-hydroxylation sites is 1. The summed E-state index contributed by atoms with van der Waals surface area (Å²) in [6, 6.07) is 11.3. The van der Waals surface area contributed by atoms with Crippen molar-refractivity contribution in [3.05, 3.63) is 72.6 Å². The second-order valence-electron chi connectivity index (χ2n) is 6.51. The predicted molar refractivity (Wildman–Crippen MR) is 104 cm³/mol. The van der Waals surface area contributed by atoms with Gasteiger partial charge in [0, 0.05) is 12.6 Å². The molecule has 0 radical (unpaired) electrons. The summed E-state index contributed by atoms with van der Waals surface area (Å²) in [5.74, 6) is -2.41. The van der Waals surface area contributed by atoms with Crippen LogP contribution in [0.1, 0.15) is 5.89 Å². The number of hydrogen-bond donors (Lipinski definition) is 0. The van der Waals surface area contributed by atoms with E-state index >= 15 is 0 Å². The van der Waals surface area contributed by atoms with Crippen LogP contribution in [0.4, 0.5) is 23.2 Å².